The Morgan fingerprint density at radius 1 is 0.720 bits per heavy atom. The van der Waals surface area contributed by atoms with Gasteiger partial charge in [0.05, 0.1) is 6.61 Å². The summed E-state index contributed by atoms with van der Waals surface area (Å²) in [5.74, 6) is -1.76. The number of hydrogen-bond acceptors (Lipinski definition) is 12. The molecule has 0 aliphatic carbocycles. The number of aldehydes is 2. The van der Waals surface area contributed by atoms with Gasteiger partial charge in [0.25, 0.3) is 0 Å². The minimum Gasteiger partial charge on any atom is -0.479 e. The van der Waals surface area contributed by atoms with Crippen molar-refractivity contribution in [3.05, 3.63) is 0 Å². The number of carboxylic acids is 1. The molecule has 0 aromatic rings. The number of carbonyl (C=O) groups is 3. The highest BCUT2D eigenvalue weighted by molar-refractivity contribution is 5.73. The monoisotopic (exact) mass is 374 g/mol. The van der Waals surface area contributed by atoms with Gasteiger partial charge in [-0.3, -0.25) is 0 Å². The van der Waals surface area contributed by atoms with Crippen LogP contribution >= 0.6 is 0 Å². The zero-order valence-corrected chi connectivity index (χ0v) is 12.7. The van der Waals surface area contributed by atoms with E-state index in [2.05, 4.69) is 0 Å². The highest BCUT2D eigenvalue weighted by atomic mass is 16.4. The van der Waals surface area contributed by atoms with Gasteiger partial charge in [-0.1, -0.05) is 0 Å². The van der Waals surface area contributed by atoms with Gasteiger partial charge >= 0.3 is 5.97 Å². The maximum Gasteiger partial charge on any atom is 0.335 e. The van der Waals surface area contributed by atoms with E-state index in [-0.39, 0.29) is 12.6 Å². The van der Waals surface area contributed by atoms with E-state index in [1.54, 1.807) is 0 Å². The SMILES string of the molecule is O=C[C@H](O)[C@@H](O)[C@@H](O)[C@H](O)C(=O)O.O=C[C@H](O)[C@@H](O)[C@@H](O)[C@H](O)CO. The van der Waals surface area contributed by atoms with Crippen LogP contribution in [0, 0.1) is 0 Å². The van der Waals surface area contributed by atoms with Crippen molar-refractivity contribution in [2.24, 2.45) is 0 Å². The molecule has 0 aliphatic rings. The molecule has 0 radical (unpaired) electrons. The Morgan fingerprint density at radius 2 is 1.08 bits per heavy atom. The average Bonchev–Trinajstić information content (AvgIpc) is 2.62. The summed E-state index contributed by atoms with van der Waals surface area (Å²) < 4.78 is 0. The lowest BCUT2D eigenvalue weighted by molar-refractivity contribution is -0.163. The first-order chi connectivity index (χ1) is 11.5. The number of aliphatic carboxylic acids is 1. The van der Waals surface area contributed by atoms with Crippen LogP contribution in [-0.4, -0.2) is 125 Å². The molecule has 0 aliphatic heterocycles. The third-order valence-electron chi connectivity index (χ3n) is 2.84. The molecule has 0 amide bonds. The standard InChI is InChI=1S/C6H10O7.C6H12O6/c7-1-2(8)3(9)4(10)5(11)6(12)13;7-1-3(9)5(11)6(12)4(10)2-8/h1-5,8-11H,(H,12,13);1,3-6,8-12H,2H2/t2-,3+,4+,5-;3-,4+,5+,6-/m00/s1. The molecule has 0 fully saturated rings. The van der Waals surface area contributed by atoms with Crippen molar-refractivity contribution in [2.75, 3.05) is 6.61 Å². The minimum atomic E-state index is -2.25. The maximum absolute atomic E-state index is 10.1. The fourth-order valence-corrected chi connectivity index (χ4v) is 1.23. The molecule has 0 saturated heterocycles. The largest absolute Gasteiger partial charge is 0.479 e. The van der Waals surface area contributed by atoms with E-state index in [9.17, 15) is 14.4 Å². The van der Waals surface area contributed by atoms with Gasteiger partial charge in [-0.05, 0) is 0 Å². The minimum absolute atomic E-state index is 0.0258. The fraction of sp³-hybridized carbons (Fsp3) is 0.750. The van der Waals surface area contributed by atoms with Gasteiger partial charge in [0.2, 0.25) is 0 Å². The molecule has 0 aromatic carbocycles. The van der Waals surface area contributed by atoms with E-state index in [1.165, 1.54) is 0 Å². The molecule has 0 heterocycles. The van der Waals surface area contributed by atoms with Crippen molar-refractivity contribution in [3.8, 4) is 0 Å². The number of carboxylic acid groups (broad SMARTS) is 1. The molecule has 148 valence electrons. The second-order valence-electron chi connectivity index (χ2n) is 4.75. The van der Waals surface area contributed by atoms with Crippen LogP contribution in [0.2, 0.25) is 0 Å². The van der Waals surface area contributed by atoms with Gasteiger partial charge in [0.1, 0.15) is 42.7 Å². The van der Waals surface area contributed by atoms with Crippen molar-refractivity contribution in [2.45, 2.75) is 48.8 Å². The summed E-state index contributed by atoms with van der Waals surface area (Å²) in [5, 5.41) is 86.7. The van der Waals surface area contributed by atoms with Crippen LogP contribution in [0.4, 0.5) is 0 Å². The zero-order valence-electron chi connectivity index (χ0n) is 12.7. The van der Waals surface area contributed by atoms with E-state index in [0.717, 1.165) is 0 Å². The maximum atomic E-state index is 10.1. The van der Waals surface area contributed by atoms with E-state index in [4.69, 9.17) is 51.1 Å². The van der Waals surface area contributed by atoms with E-state index < -0.39 is 61.4 Å². The Morgan fingerprint density at radius 3 is 1.36 bits per heavy atom. The Bertz CT molecular complexity index is 402. The quantitative estimate of drug-likeness (QED) is 0.160. The van der Waals surface area contributed by atoms with Crippen LogP contribution in [-0.2, 0) is 14.4 Å². The average molecular weight is 374 g/mol. The van der Waals surface area contributed by atoms with Crippen molar-refractivity contribution in [3.63, 3.8) is 0 Å². The summed E-state index contributed by atoms with van der Waals surface area (Å²) in [6.07, 6.45) is -15.2. The van der Waals surface area contributed by atoms with E-state index in [0.29, 0.717) is 0 Å². The molecule has 10 N–H and O–H groups in total. The fourth-order valence-electron chi connectivity index (χ4n) is 1.23. The number of rotatable bonds is 10. The van der Waals surface area contributed by atoms with E-state index in [1.807, 2.05) is 0 Å². The van der Waals surface area contributed by atoms with E-state index >= 15 is 0 Å². The van der Waals surface area contributed by atoms with Crippen LogP contribution in [0.1, 0.15) is 0 Å². The normalized spacial score (nSPS) is 20.5. The molecule has 0 unspecified atom stereocenters. The van der Waals surface area contributed by atoms with Crippen molar-refractivity contribution >= 4 is 18.5 Å². The van der Waals surface area contributed by atoms with Crippen molar-refractivity contribution in [1.82, 2.24) is 0 Å². The first-order valence-electron chi connectivity index (χ1n) is 6.64. The van der Waals surface area contributed by atoms with Crippen LogP contribution in [0.15, 0.2) is 0 Å². The molecule has 0 saturated carbocycles. The molecule has 13 nitrogen and oxygen atoms in total. The van der Waals surface area contributed by atoms with Gasteiger partial charge in [-0.2, -0.15) is 0 Å². The summed E-state index contributed by atoms with van der Waals surface area (Å²) in [7, 11) is 0. The lowest BCUT2D eigenvalue weighted by atomic mass is 10.0. The molecule has 13 heteroatoms. The van der Waals surface area contributed by atoms with Crippen LogP contribution in [0.25, 0.3) is 0 Å². The second kappa shape index (κ2) is 12.8. The van der Waals surface area contributed by atoms with Gasteiger partial charge in [-0.25, -0.2) is 4.79 Å². The zero-order chi connectivity index (χ0) is 20.3. The Kier molecular flexibility index (Phi) is 13.1. The van der Waals surface area contributed by atoms with Crippen LogP contribution in [0.3, 0.4) is 0 Å². The van der Waals surface area contributed by atoms with Crippen molar-refractivity contribution < 1.29 is 65.4 Å². The molecule has 0 rings (SSSR count). The van der Waals surface area contributed by atoms with Gasteiger partial charge < -0.3 is 60.7 Å². The van der Waals surface area contributed by atoms with Crippen LogP contribution < -0.4 is 0 Å². The molecule has 25 heavy (non-hydrogen) atoms. The number of aliphatic hydroxyl groups is 9. The Labute approximate surface area is 140 Å². The first-order valence-corrected chi connectivity index (χ1v) is 6.64. The predicted molar refractivity (Wildman–Crippen MR) is 74.9 cm³/mol. The lowest BCUT2D eigenvalue weighted by Crippen LogP contribution is -2.48. The van der Waals surface area contributed by atoms with Crippen LogP contribution in [0.5, 0.6) is 0 Å². The molecular formula is C12H22O13. The van der Waals surface area contributed by atoms with Gasteiger partial charge in [-0.15, -0.1) is 0 Å². The number of aliphatic hydroxyl groups excluding tert-OH is 9. The summed E-state index contributed by atoms with van der Waals surface area (Å²) in [4.78, 5) is 29.9. The lowest BCUT2D eigenvalue weighted by Gasteiger charge is -2.22. The number of hydrogen-bond donors (Lipinski definition) is 10. The summed E-state index contributed by atoms with van der Waals surface area (Å²) in [5.41, 5.74) is 0. The summed E-state index contributed by atoms with van der Waals surface area (Å²) in [6, 6.07) is 0. The third-order valence-corrected chi connectivity index (χ3v) is 2.84. The molecule has 0 aromatic heterocycles. The summed E-state index contributed by atoms with van der Waals surface area (Å²) >= 11 is 0. The van der Waals surface area contributed by atoms with Crippen molar-refractivity contribution in [1.29, 1.82) is 0 Å². The smallest absolute Gasteiger partial charge is 0.335 e. The highest BCUT2D eigenvalue weighted by Gasteiger charge is 2.34. The number of carbonyl (C=O) groups excluding carboxylic acids is 2. The predicted octanol–water partition coefficient (Wildman–Crippen LogP) is -6.67. The molecule has 0 spiro atoms. The topological polar surface area (TPSA) is 254 Å². The van der Waals surface area contributed by atoms with Gasteiger partial charge in [0, 0.05) is 0 Å². The van der Waals surface area contributed by atoms with Gasteiger partial charge in [0.15, 0.2) is 18.7 Å². The molecule has 8 atom stereocenters. The third kappa shape index (κ3) is 8.92. The first kappa shape index (κ1) is 25.7. The Balaban J connectivity index is 0. The highest BCUT2D eigenvalue weighted by Crippen LogP contribution is 2.04. The second-order valence-corrected chi connectivity index (χ2v) is 4.75. The molecule has 0 bridgehead atoms. The summed E-state index contributed by atoms with van der Waals surface area (Å²) in [6.45, 7) is -0.760. The molecular weight excluding hydrogens is 352 g/mol. The Hall–Kier alpha value is -1.55.